The summed E-state index contributed by atoms with van der Waals surface area (Å²) in [6.07, 6.45) is 1.22. The van der Waals surface area contributed by atoms with Gasteiger partial charge in [0.2, 0.25) is 0 Å². The quantitative estimate of drug-likeness (QED) is 0.898. The molecule has 2 rings (SSSR count). The summed E-state index contributed by atoms with van der Waals surface area (Å²) in [5, 5.41) is 9.26. The van der Waals surface area contributed by atoms with Crippen LogP contribution in [0.25, 0.3) is 0 Å². The normalized spacial score (nSPS) is 22.6. The third kappa shape index (κ3) is 3.00. The van der Waals surface area contributed by atoms with E-state index in [4.69, 9.17) is 0 Å². The SMILES string of the molecule is CC1CCN(C(=O)c2ccc(F)c(Br)c2)C(C(=O)O)C1. The van der Waals surface area contributed by atoms with E-state index in [0.29, 0.717) is 18.5 Å². The van der Waals surface area contributed by atoms with Crippen LogP contribution >= 0.6 is 15.9 Å². The number of carboxylic acids is 1. The highest BCUT2D eigenvalue weighted by Crippen LogP contribution is 2.25. The van der Waals surface area contributed by atoms with Crippen LogP contribution < -0.4 is 0 Å². The van der Waals surface area contributed by atoms with E-state index in [0.717, 1.165) is 6.42 Å². The first-order valence-corrected chi connectivity index (χ1v) is 7.18. The Balaban J connectivity index is 2.26. The number of amides is 1. The number of piperidine rings is 1. The lowest BCUT2D eigenvalue weighted by Gasteiger charge is -2.36. The first-order chi connectivity index (χ1) is 9.40. The summed E-state index contributed by atoms with van der Waals surface area (Å²) in [7, 11) is 0. The smallest absolute Gasteiger partial charge is 0.326 e. The molecule has 0 aromatic heterocycles. The Bertz CT molecular complexity index is 549. The number of carbonyl (C=O) groups is 2. The number of aliphatic carboxylic acids is 1. The minimum Gasteiger partial charge on any atom is -0.480 e. The van der Waals surface area contributed by atoms with Crippen molar-refractivity contribution in [1.29, 1.82) is 0 Å². The fourth-order valence-electron chi connectivity index (χ4n) is 2.41. The van der Waals surface area contributed by atoms with E-state index < -0.39 is 17.8 Å². The van der Waals surface area contributed by atoms with E-state index >= 15 is 0 Å². The molecule has 6 heteroatoms. The zero-order valence-corrected chi connectivity index (χ0v) is 12.6. The van der Waals surface area contributed by atoms with Crippen LogP contribution in [0, 0.1) is 11.7 Å². The van der Waals surface area contributed by atoms with Gasteiger partial charge in [0.25, 0.3) is 5.91 Å². The summed E-state index contributed by atoms with van der Waals surface area (Å²) in [5.41, 5.74) is 0.291. The van der Waals surface area contributed by atoms with Gasteiger partial charge >= 0.3 is 5.97 Å². The van der Waals surface area contributed by atoms with Crippen molar-refractivity contribution in [2.75, 3.05) is 6.54 Å². The summed E-state index contributed by atoms with van der Waals surface area (Å²) in [6.45, 7) is 2.39. The van der Waals surface area contributed by atoms with Gasteiger partial charge < -0.3 is 10.0 Å². The number of rotatable bonds is 2. The second-order valence-corrected chi connectivity index (χ2v) is 5.97. The highest BCUT2D eigenvalue weighted by Gasteiger charge is 2.35. The molecule has 20 heavy (non-hydrogen) atoms. The van der Waals surface area contributed by atoms with E-state index in [1.807, 2.05) is 6.92 Å². The van der Waals surface area contributed by atoms with Crippen LogP contribution in [0.4, 0.5) is 4.39 Å². The van der Waals surface area contributed by atoms with E-state index in [9.17, 15) is 19.1 Å². The van der Waals surface area contributed by atoms with Crippen LogP contribution in [0.5, 0.6) is 0 Å². The molecule has 1 aliphatic rings. The van der Waals surface area contributed by atoms with E-state index in [2.05, 4.69) is 15.9 Å². The summed E-state index contributed by atoms with van der Waals surface area (Å²) >= 11 is 3.03. The first kappa shape index (κ1) is 15.0. The molecule has 1 heterocycles. The summed E-state index contributed by atoms with van der Waals surface area (Å²) in [4.78, 5) is 25.1. The predicted octanol–water partition coefficient (Wildman–Crippen LogP) is 2.91. The Morgan fingerprint density at radius 1 is 1.45 bits per heavy atom. The highest BCUT2D eigenvalue weighted by atomic mass is 79.9. The lowest BCUT2D eigenvalue weighted by molar-refractivity contribution is -0.144. The van der Waals surface area contributed by atoms with Gasteiger partial charge in [-0.2, -0.15) is 0 Å². The fourth-order valence-corrected chi connectivity index (χ4v) is 2.79. The van der Waals surface area contributed by atoms with Crippen molar-refractivity contribution >= 4 is 27.8 Å². The molecule has 0 spiro atoms. The van der Waals surface area contributed by atoms with Crippen molar-refractivity contribution in [3.63, 3.8) is 0 Å². The zero-order chi connectivity index (χ0) is 14.9. The van der Waals surface area contributed by atoms with Crippen LogP contribution in [-0.4, -0.2) is 34.5 Å². The maximum Gasteiger partial charge on any atom is 0.326 e. The molecule has 4 nitrogen and oxygen atoms in total. The van der Waals surface area contributed by atoms with Gasteiger partial charge in [-0.15, -0.1) is 0 Å². The van der Waals surface area contributed by atoms with E-state index in [1.165, 1.54) is 23.1 Å². The second-order valence-electron chi connectivity index (χ2n) is 5.11. The fraction of sp³-hybridized carbons (Fsp3) is 0.429. The molecule has 1 aromatic carbocycles. The lowest BCUT2D eigenvalue weighted by Crippen LogP contribution is -2.49. The summed E-state index contributed by atoms with van der Waals surface area (Å²) < 4.78 is 13.4. The van der Waals surface area contributed by atoms with Crippen molar-refractivity contribution in [2.24, 2.45) is 5.92 Å². The number of likely N-dealkylation sites (tertiary alicyclic amines) is 1. The van der Waals surface area contributed by atoms with Crippen molar-refractivity contribution in [1.82, 2.24) is 4.90 Å². The number of nitrogens with zero attached hydrogens (tertiary/aromatic N) is 1. The van der Waals surface area contributed by atoms with E-state index in [1.54, 1.807) is 0 Å². The molecule has 1 N–H and O–H groups in total. The maximum absolute atomic E-state index is 13.2. The van der Waals surface area contributed by atoms with Crippen LogP contribution in [0.15, 0.2) is 22.7 Å². The standard InChI is InChI=1S/C14H15BrFNO3/c1-8-4-5-17(12(6-8)14(19)20)13(18)9-2-3-11(16)10(15)7-9/h2-3,7-8,12H,4-6H2,1H3,(H,19,20). The number of benzene rings is 1. The molecule has 1 saturated heterocycles. The number of carboxylic acid groups (broad SMARTS) is 1. The Labute approximate surface area is 124 Å². The van der Waals surface area contributed by atoms with Gasteiger partial charge in [-0.1, -0.05) is 6.92 Å². The van der Waals surface area contributed by atoms with Gasteiger partial charge in [0.05, 0.1) is 4.47 Å². The number of carbonyl (C=O) groups excluding carboxylic acids is 1. The van der Waals surface area contributed by atoms with Crippen LogP contribution in [-0.2, 0) is 4.79 Å². The van der Waals surface area contributed by atoms with Crippen molar-refractivity contribution in [3.05, 3.63) is 34.1 Å². The van der Waals surface area contributed by atoms with Gasteiger partial charge in [0.15, 0.2) is 0 Å². The third-order valence-corrected chi connectivity index (χ3v) is 4.18. The molecule has 1 aliphatic heterocycles. The van der Waals surface area contributed by atoms with Gasteiger partial charge in [-0.05, 0) is 52.9 Å². The molecule has 1 amide bonds. The van der Waals surface area contributed by atoms with Crippen LogP contribution in [0.3, 0.4) is 0 Å². The molecule has 108 valence electrons. The first-order valence-electron chi connectivity index (χ1n) is 6.39. The molecular weight excluding hydrogens is 329 g/mol. The van der Waals surface area contributed by atoms with Crippen molar-refractivity contribution in [2.45, 2.75) is 25.8 Å². The molecule has 2 atom stereocenters. The van der Waals surface area contributed by atoms with Gasteiger partial charge in [-0.3, -0.25) is 4.79 Å². The summed E-state index contributed by atoms with van der Waals surface area (Å²) in [5.74, 6) is -1.54. The van der Waals surface area contributed by atoms with Gasteiger partial charge in [0, 0.05) is 12.1 Å². The second kappa shape index (κ2) is 5.91. The molecule has 0 aliphatic carbocycles. The largest absolute Gasteiger partial charge is 0.480 e. The van der Waals surface area contributed by atoms with Crippen LogP contribution in [0.2, 0.25) is 0 Å². The third-order valence-electron chi connectivity index (χ3n) is 3.58. The molecule has 0 saturated carbocycles. The lowest BCUT2D eigenvalue weighted by atomic mass is 9.92. The Morgan fingerprint density at radius 3 is 2.75 bits per heavy atom. The Kier molecular flexibility index (Phi) is 4.42. The van der Waals surface area contributed by atoms with Crippen molar-refractivity contribution < 1.29 is 19.1 Å². The minimum atomic E-state index is -0.994. The molecule has 0 bridgehead atoms. The van der Waals surface area contributed by atoms with E-state index in [-0.39, 0.29) is 16.3 Å². The topological polar surface area (TPSA) is 57.6 Å². The summed E-state index contributed by atoms with van der Waals surface area (Å²) in [6, 6.07) is 3.14. The number of hydrogen-bond donors (Lipinski definition) is 1. The highest BCUT2D eigenvalue weighted by molar-refractivity contribution is 9.10. The number of hydrogen-bond acceptors (Lipinski definition) is 2. The Morgan fingerprint density at radius 2 is 2.15 bits per heavy atom. The van der Waals surface area contributed by atoms with Gasteiger partial charge in [0.1, 0.15) is 11.9 Å². The average molecular weight is 344 g/mol. The zero-order valence-electron chi connectivity index (χ0n) is 11.0. The minimum absolute atomic E-state index is 0.195. The van der Waals surface area contributed by atoms with Crippen molar-refractivity contribution in [3.8, 4) is 0 Å². The maximum atomic E-state index is 13.2. The monoisotopic (exact) mass is 343 g/mol. The average Bonchev–Trinajstić information content (AvgIpc) is 2.41. The molecule has 2 unspecified atom stereocenters. The molecular formula is C14H15BrFNO3. The Hall–Kier alpha value is -1.43. The number of halogens is 2. The molecule has 0 radical (unpaired) electrons. The predicted molar refractivity (Wildman–Crippen MR) is 75.0 cm³/mol. The van der Waals surface area contributed by atoms with Crippen LogP contribution in [0.1, 0.15) is 30.1 Å². The molecule has 1 aromatic rings. The molecule has 1 fully saturated rings. The van der Waals surface area contributed by atoms with Gasteiger partial charge in [-0.25, -0.2) is 9.18 Å².